The Bertz CT molecular complexity index is 1710. The number of ether oxygens (including phenoxy) is 1. The molecule has 11 nitrogen and oxygen atoms in total. The maximum Gasteiger partial charge on any atom is 0.407 e. The van der Waals surface area contributed by atoms with Crippen LogP contribution in [0.15, 0.2) is 63.9 Å². The summed E-state index contributed by atoms with van der Waals surface area (Å²) in [5, 5.41) is 25.6. The highest BCUT2D eigenvalue weighted by Gasteiger charge is 2.58. The van der Waals surface area contributed by atoms with Gasteiger partial charge in [0.1, 0.15) is 18.0 Å². The van der Waals surface area contributed by atoms with Crippen molar-refractivity contribution in [1.82, 2.24) is 30.4 Å². The lowest BCUT2D eigenvalue weighted by Crippen LogP contribution is -2.61. The highest BCUT2D eigenvalue weighted by atomic mass is 79.9. The molecular formula is C32H35BrF2N6O5. The van der Waals surface area contributed by atoms with Crippen LogP contribution in [0.1, 0.15) is 56.9 Å². The number of benzene rings is 2. The van der Waals surface area contributed by atoms with Gasteiger partial charge in [0.05, 0.1) is 22.6 Å². The van der Waals surface area contributed by atoms with Crippen LogP contribution in [-0.2, 0) is 28.3 Å². The summed E-state index contributed by atoms with van der Waals surface area (Å²) in [7, 11) is 0. The number of hydrogen-bond acceptors (Lipinski definition) is 7. The second-order valence-electron chi connectivity index (χ2n) is 12.3. The molecule has 2 aromatic carbocycles. The standard InChI is InChI=1S/C32H35BrF2N6O5/c1-19(42)36-13-11-20-7-5-6-8-22(20)28-26(33)27(38-46-28)25-29(31(2,3)4)41(30(43)44)15-12-32(25,45-18-40-16-14-37-39-40)21-9-10-23(34)24(35)17-21/h5-10,14,16-17,25,29H,11-13,15,18H2,1-4H3,(H,36,42)(H,43,44)/t25-,29?,32-/m0/s1. The molecule has 14 heteroatoms. The van der Waals surface area contributed by atoms with E-state index in [9.17, 15) is 23.5 Å². The van der Waals surface area contributed by atoms with E-state index in [2.05, 4.69) is 36.7 Å². The lowest BCUT2D eigenvalue weighted by molar-refractivity contribution is -0.159. The van der Waals surface area contributed by atoms with Crippen molar-refractivity contribution in [3.05, 3.63) is 87.8 Å². The van der Waals surface area contributed by atoms with Crippen LogP contribution in [0.5, 0.6) is 0 Å². The van der Waals surface area contributed by atoms with E-state index in [-0.39, 0.29) is 25.6 Å². The topological polar surface area (TPSA) is 136 Å². The normalized spacial score (nSPS) is 20.1. The average Bonchev–Trinajstić information content (AvgIpc) is 3.66. The van der Waals surface area contributed by atoms with Crippen molar-refractivity contribution >= 4 is 27.9 Å². The fraction of sp³-hybridized carbons (Fsp3) is 0.406. The highest BCUT2D eigenvalue weighted by Crippen LogP contribution is 2.55. The average molecular weight is 702 g/mol. The molecule has 0 bridgehead atoms. The molecule has 3 atom stereocenters. The number of amides is 2. The van der Waals surface area contributed by atoms with Gasteiger partial charge in [-0.3, -0.25) is 4.79 Å². The Labute approximate surface area is 273 Å². The van der Waals surface area contributed by atoms with Crippen LogP contribution in [0.4, 0.5) is 13.6 Å². The van der Waals surface area contributed by atoms with Crippen LogP contribution in [0.25, 0.3) is 11.3 Å². The minimum absolute atomic E-state index is 0.0401. The molecule has 2 amide bonds. The second-order valence-corrected chi connectivity index (χ2v) is 13.1. The smallest absolute Gasteiger partial charge is 0.407 e. The highest BCUT2D eigenvalue weighted by molar-refractivity contribution is 9.10. The number of nitrogens with one attached hydrogen (secondary N) is 1. The second kappa shape index (κ2) is 13.3. The van der Waals surface area contributed by atoms with Gasteiger partial charge in [-0.15, -0.1) is 5.10 Å². The maximum atomic E-state index is 15.0. The van der Waals surface area contributed by atoms with Gasteiger partial charge in [-0.05, 0) is 57.4 Å². The number of halogens is 3. The van der Waals surface area contributed by atoms with Crippen molar-refractivity contribution in [1.29, 1.82) is 0 Å². The molecule has 5 rings (SSSR count). The van der Waals surface area contributed by atoms with Crippen LogP contribution in [0.3, 0.4) is 0 Å². The molecule has 1 fully saturated rings. The Morgan fingerprint density at radius 1 is 1.20 bits per heavy atom. The molecule has 2 aromatic heterocycles. The van der Waals surface area contributed by atoms with Gasteiger partial charge in [-0.2, -0.15) is 0 Å². The minimum Gasteiger partial charge on any atom is -0.465 e. The monoisotopic (exact) mass is 700 g/mol. The fourth-order valence-electron chi connectivity index (χ4n) is 6.37. The number of aromatic nitrogens is 4. The van der Waals surface area contributed by atoms with Gasteiger partial charge in [0, 0.05) is 31.8 Å². The summed E-state index contributed by atoms with van der Waals surface area (Å²) in [6.45, 7) is 7.50. The van der Waals surface area contributed by atoms with Crippen LogP contribution in [0, 0.1) is 17.0 Å². The van der Waals surface area contributed by atoms with E-state index in [1.165, 1.54) is 28.8 Å². The molecule has 46 heavy (non-hydrogen) atoms. The van der Waals surface area contributed by atoms with Gasteiger partial charge >= 0.3 is 6.09 Å². The Hall–Kier alpha value is -4.17. The predicted octanol–water partition coefficient (Wildman–Crippen LogP) is 6.10. The zero-order valence-electron chi connectivity index (χ0n) is 25.8. The molecule has 1 unspecified atom stereocenters. The van der Waals surface area contributed by atoms with Gasteiger partial charge in [-0.1, -0.05) is 61.5 Å². The summed E-state index contributed by atoms with van der Waals surface area (Å²) in [6, 6.07) is 10.3. The number of hydrogen-bond donors (Lipinski definition) is 2. The first kappa shape index (κ1) is 33.2. The zero-order valence-corrected chi connectivity index (χ0v) is 27.4. The number of nitrogens with zero attached hydrogens (tertiary/aromatic N) is 5. The number of carbonyl (C=O) groups is 2. The van der Waals surface area contributed by atoms with Crippen molar-refractivity contribution < 1.29 is 32.7 Å². The maximum absolute atomic E-state index is 15.0. The van der Waals surface area contributed by atoms with E-state index in [1.54, 1.807) is 6.20 Å². The fourth-order valence-corrected chi connectivity index (χ4v) is 6.97. The van der Waals surface area contributed by atoms with Crippen LogP contribution < -0.4 is 5.32 Å². The summed E-state index contributed by atoms with van der Waals surface area (Å²) < 4.78 is 43.9. The van der Waals surface area contributed by atoms with Crippen molar-refractivity contribution in [2.75, 3.05) is 13.1 Å². The van der Waals surface area contributed by atoms with Crippen molar-refractivity contribution in [3.8, 4) is 11.3 Å². The van der Waals surface area contributed by atoms with Crippen LogP contribution in [-0.4, -0.2) is 61.3 Å². The van der Waals surface area contributed by atoms with Gasteiger partial charge in [0.15, 0.2) is 17.4 Å². The van der Waals surface area contributed by atoms with E-state index in [0.29, 0.717) is 34.5 Å². The lowest BCUT2D eigenvalue weighted by Gasteiger charge is -2.54. The van der Waals surface area contributed by atoms with Gasteiger partial charge < -0.3 is 24.6 Å². The summed E-state index contributed by atoms with van der Waals surface area (Å²) in [4.78, 5) is 25.6. The summed E-state index contributed by atoms with van der Waals surface area (Å²) >= 11 is 3.73. The first-order valence-electron chi connectivity index (χ1n) is 14.7. The Morgan fingerprint density at radius 3 is 2.61 bits per heavy atom. The van der Waals surface area contributed by atoms with Crippen LogP contribution >= 0.6 is 15.9 Å². The number of rotatable bonds is 9. The molecule has 0 saturated carbocycles. The summed E-state index contributed by atoms with van der Waals surface area (Å²) in [5.41, 5.74) is 0.143. The summed E-state index contributed by atoms with van der Waals surface area (Å²) in [6.07, 6.45) is 2.55. The van der Waals surface area contributed by atoms with E-state index in [0.717, 1.165) is 23.3 Å². The Kier molecular flexibility index (Phi) is 9.59. The lowest BCUT2D eigenvalue weighted by atomic mass is 9.63. The van der Waals surface area contributed by atoms with Crippen molar-refractivity contribution in [2.24, 2.45) is 5.41 Å². The largest absolute Gasteiger partial charge is 0.465 e. The molecule has 2 N–H and O–H groups in total. The van der Waals surface area contributed by atoms with E-state index in [4.69, 9.17) is 9.26 Å². The predicted molar refractivity (Wildman–Crippen MR) is 167 cm³/mol. The zero-order chi connectivity index (χ0) is 33.2. The Morgan fingerprint density at radius 2 is 1.96 bits per heavy atom. The molecule has 1 aliphatic rings. The third-order valence-corrected chi connectivity index (χ3v) is 9.10. The first-order chi connectivity index (χ1) is 21.8. The minimum atomic E-state index is -1.42. The van der Waals surface area contributed by atoms with Gasteiger partial charge in [-0.25, -0.2) is 18.3 Å². The van der Waals surface area contributed by atoms with Gasteiger partial charge in [0.2, 0.25) is 5.91 Å². The van der Waals surface area contributed by atoms with E-state index in [1.807, 2.05) is 45.0 Å². The molecular weight excluding hydrogens is 666 g/mol. The number of piperidine rings is 1. The number of carboxylic acid groups (broad SMARTS) is 1. The molecule has 1 saturated heterocycles. The quantitative estimate of drug-likeness (QED) is 0.214. The molecule has 3 heterocycles. The third kappa shape index (κ3) is 6.54. The van der Waals surface area contributed by atoms with E-state index >= 15 is 0 Å². The van der Waals surface area contributed by atoms with Crippen LogP contribution in [0.2, 0.25) is 0 Å². The molecule has 4 aromatic rings. The number of likely N-dealkylation sites (tertiary alicyclic amines) is 1. The third-order valence-electron chi connectivity index (χ3n) is 8.33. The molecule has 0 radical (unpaired) electrons. The van der Waals surface area contributed by atoms with E-state index < -0.39 is 40.7 Å². The summed E-state index contributed by atoms with van der Waals surface area (Å²) in [5.74, 6) is -2.73. The number of carbonyl (C=O) groups excluding carboxylic acids is 1. The molecule has 0 aliphatic carbocycles. The SMILES string of the molecule is CC(=O)NCCc1ccccc1-c1onc([C@H]2C(C(C)(C)C)N(C(=O)O)CC[C@]2(OCn2ccnn2)c2ccc(F)c(F)c2)c1Br. The van der Waals surface area contributed by atoms with Crippen molar-refractivity contribution in [3.63, 3.8) is 0 Å². The molecule has 1 aliphatic heterocycles. The Balaban J connectivity index is 1.72. The first-order valence-corrected chi connectivity index (χ1v) is 15.5. The molecule has 244 valence electrons. The molecule has 0 spiro atoms. The van der Waals surface area contributed by atoms with Crippen molar-refractivity contribution in [2.45, 2.75) is 64.8 Å². The van der Waals surface area contributed by atoms with Gasteiger partial charge in [0.25, 0.3) is 0 Å².